The molecule has 0 radical (unpaired) electrons. The van der Waals surface area contributed by atoms with Gasteiger partial charge in [-0.25, -0.2) is 4.98 Å². The molecule has 0 saturated carbocycles. The van der Waals surface area contributed by atoms with Crippen LogP contribution in [0.2, 0.25) is 10.0 Å². The number of halogens is 2. The zero-order chi connectivity index (χ0) is 13.8. The second-order valence-corrected chi connectivity index (χ2v) is 4.54. The normalized spacial score (nSPS) is 9.95. The maximum absolute atomic E-state index is 8.92. The lowest BCUT2D eigenvalue weighted by molar-refractivity contribution is 0.306. The molecular formula is C13H9Cl2N3O. The number of nitrogens with zero attached hydrogens (tertiary/aromatic N) is 2. The van der Waals surface area contributed by atoms with E-state index in [-0.39, 0.29) is 6.61 Å². The molecule has 0 saturated heterocycles. The first-order valence-corrected chi connectivity index (χ1v) is 6.08. The van der Waals surface area contributed by atoms with Gasteiger partial charge in [-0.2, -0.15) is 5.26 Å². The molecule has 0 aliphatic carbocycles. The second-order valence-electron chi connectivity index (χ2n) is 3.73. The summed E-state index contributed by atoms with van der Waals surface area (Å²) in [6.07, 6.45) is 1.55. The van der Waals surface area contributed by atoms with Gasteiger partial charge in [0.15, 0.2) is 5.75 Å². The molecule has 6 heteroatoms. The first kappa shape index (κ1) is 13.5. The molecule has 2 aromatic rings. The molecule has 0 bridgehead atoms. The molecule has 0 aliphatic heterocycles. The number of nitrogens with two attached hydrogens (primary N) is 1. The number of rotatable bonds is 3. The summed E-state index contributed by atoms with van der Waals surface area (Å²) >= 11 is 12.0. The maximum atomic E-state index is 8.92. The number of aromatic nitrogens is 1. The van der Waals surface area contributed by atoms with Crippen molar-refractivity contribution < 1.29 is 4.74 Å². The van der Waals surface area contributed by atoms with Crippen molar-refractivity contribution >= 4 is 28.9 Å². The quantitative estimate of drug-likeness (QED) is 0.880. The Balaban J connectivity index is 2.22. The highest BCUT2D eigenvalue weighted by Crippen LogP contribution is 2.35. The standard InChI is InChI=1S/C13H9Cl2N3O/c14-10-4-9(17)5-11(15)13(10)19-7-8-2-1-3-18-12(8)6-16/h1-5H,7,17H2. The number of hydrogen-bond acceptors (Lipinski definition) is 4. The van der Waals surface area contributed by atoms with Gasteiger partial charge in [-0.15, -0.1) is 0 Å². The van der Waals surface area contributed by atoms with Crippen molar-refractivity contribution in [3.05, 3.63) is 51.8 Å². The Morgan fingerprint density at radius 3 is 2.63 bits per heavy atom. The summed E-state index contributed by atoms with van der Waals surface area (Å²) in [4.78, 5) is 3.94. The summed E-state index contributed by atoms with van der Waals surface area (Å²) < 4.78 is 5.54. The highest BCUT2D eigenvalue weighted by molar-refractivity contribution is 6.37. The van der Waals surface area contributed by atoms with Crippen LogP contribution >= 0.6 is 23.2 Å². The zero-order valence-electron chi connectivity index (χ0n) is 9.73. The average Bonchev–Trinajstić information content (AvgIpc) is 2.38. The van der Waals surface area contributed by atoms with Crippen molar-refractivity contribution in [3.63, 3.8) is 0 Å². The van der Waals surface area contributed by atoms with Crippen LogP contribution in [0.4, 0.5) is 5.69 Å². The van der Waals surface area contributed by atoms with E-state index in [9.17, 15) is 0 Å². The van der Waals surface area contributed by atoms with Crippen LogP contribution in [0.3, 0.4) is 0 Å². The monoisotopic (exact) mass is 293 g/mol. The first-order valence-electron chi connectivity index (χ1n) is 5.33. The molecule has 0 unspecified atom stereocenters. The van der Waals surface area contributed by atoms with Crippen LogP contribution in [0.25, 0.3) is 0 Å². The van der Waals surface area contributed by atoms with Gasteiger partial charge in [0.05, 0.1) is 10.0 Å². The van der Waals surface area contributed by atoms with E-state index in [0.717, 1.165) is 0 Å². The molecule has 0 spiro atoms. The molecule has 1 aromatic carbocycles. The van der Waals surface area contributed by atoms with Gasteiger partial charge in [-0.3, -0.25) is 0 Å². The molecule has 1 aromatic heterocycles. The Bertz CT molecular complexity index is 630. The van der Waals surface area contributed by atoms with Gasteiger partial charge < -0.3 is 10.5 Å². The number of anilines is 1. The fourth-order valence-corrected chi connectivity index (χ4v) is 2.14. The Labute approximate surface area is 120 Å². The summed E-state index contributed by atoms with van der Waals surface area (Å²) in [5.74, 6) is 0.338. The first-order chi connectivity index (χ1) is 9.11. The molecule has 0 fully saturated rings. The lowest BCUT2D eigenvalue weighted by atomic mass is 10.2. The molecule has 0 aliphatic rings. The summed E-state index contributed by atoms with van der Waals surface area (Å²) in [6.45, 7) is 0.153. The molecular weight excluding hydrogens is 285 g/mol. The molecule has 4 nitrogen and oxygen atoms in total. The third-order valence-corrected chi connectivity index (χ3v) is 2.95. The van der Waals surface area contributed by atoms with Crippen molar-refractivity contribution in [3.8, 4) is 11.8 Å². The van der Waals surface area contributed by atoms with E-state index < -0.39 is 0 Å². The predicted molar refractivity (Wildman–Crippen MR) is 74.2 cm³/mol. The highest BCUT2D eigenvalue weighted by Gasteiger charge is 2.10. The Morgan fingerprint density at radius 2 is 2.00 bits per heavy atom. The largest absolute Gasteiger partial charge is 0.486 e. The van der Waals surface area contributed by atoms with Gasteiger partial charge in [0.1, 0.15) is 18.4 Å². The van der Waals surface area contributed by atoms with Gasteiger partial charge >= 0.3 is 0 Å². The van der Waals surface area contributed by atoms with Crippen molar-refractivity contribution in [1.29, 1.82) is 5.26 Å². The van der Waals surface area contributed by atoms with Crippen molar-refractivity contribution in [2.24, 2.45) is 0 Å². The average molecular weight is 294 g/mol. The third-order valence-electron chi connectivity index (χ3n) is 2.39. The maximum Gasteiger partial charge on any atom is 0.157 e. The summed E-state index contributed by atoms with van der Waals surface area (Å²) in [5.41, 5.74) is 7.03. The molecule has 0 atom stereocenters. The summed E-state index contributed by atoms with van der Waals surface area (Å²) in [6, 6.07) is 8.58. The van der Waals surface area contributed by atoms with Crippen LogP contribution in [0.1, 0.15) is 11.3 Å². The summed E-state index contributed by atoms with van der Waals surface area (Å²) in [5, 5.41) is 9.58. The smallest absolute Gasteiger partial charge is 0.157 e. The number of benzene rings is 1. The fourth-order valence-electron chi connectivity index (χ4n) is 1.52. The highest BCUT2D eigenvalue weighted by atomic mass is 35.5. The predicted octanol–water partition coefficient (Wildman–Crippen LogP) is 3.42. The van der Waals surface area contributed by atoms with E-state index in [4.69, 9.17) is 38.9 Å². The number of ether oxygens (including phenoxy) is 1. The zero-order valence-corrected chi connectivity index (χ0v) is 11.2. The second kappa shape index (κ2) is 5.79. The van der Waals surface area contributed by atoms with E-state index in [1.54, 1.807) is 30.5 Å². The fraction of sp³-hybridized carbons (Fsp3) is 0.0769. The van der Waals surface area contributed by atoms with Crippen LogP contribution in [0, 0.1) is 11.3 Å². The molecule has 2 N–H and O–H groups in total. The lowest BCUT2D eigenvalue weighted by Gasteiger charge is -2.11. The lowest BCUT2D eigenvalue weighted by Crippen LogP contribution is -2.01. The van der Waals surface area contributed by atoms with Crippen LogP contribution in [0.5, 0.6) is 5.75 Å². The van der Waals surface area contributed by atoms with E-state index >= 15 is 0 Å². The van der Waals surface area contributed by atoms with Crippen molar-refractivity contribution in [2.75, 3.05) is 5.73 Å². The van der Waals surface area contributed by atoms with E-state index in [1.807, 2.05) is 6.07 Å². The van der Waals surface area contributed by atoms with Gasteiger partial charge in [-0.05, 0) is 18.2 Å². The molecule has 1 heterocycles. The topological polar surface area (TPSA) is 71.9 Å². The van der Waals surface area contributed by atoms with Crippen molar-refractivity contribution in [2.45, 2.75) is 6.61 Å². The Kier molecular flexibility index (Phi) is 4.10. The SMILES string of the molecule is N#Cc1ncccc1COc1c(Cl)cc(N)cc1Cl. The van der Waals surface area contributed by atoms with Crippen LogP contribution in [0.15, 0.2) is 30.5 Å². The molecule has 96 valence electrons. The number of hydrogen-bond donors (Lipinski definition) is 1. The van der Waals surface area contributed by atoms with E-state index in [1.165, 1.54) is 0 Å². The summed E-state index contributed by atoms with van der Waals surface area (Å²) in [7, 11) is 0. The Morgan fingerprint density at radius 1 is 1.32 bits per heavy atom. The minimum Gasteiger partial charge on any atom is -0.486 e. The van der Waals surface area contributed by atoms with Crippen LogP contribution < -0.4 is 10.5 Å². The van der Waals surface area contributed by atoms with Gasteiger partial charge in [0, 0.05) is 17.4 Å². The molecule has 2 rings (SSSR count). The number of pyridine rings is 1. The molecule has 19 heavy (non-hydrogen) atoms. The Hall–Kier alpha value is -1.96. The van der Waals surface area contributed by atoms with Crippen LogP contribution in [-0.4, -0.2) is 4.98 Å². The minimum absolute atomic E-state index is 0.153. The van der Waals surface area contributed by atoms with Crippen LogP contribution in [-0.2, 0) is 6.61 Å². The third kappa shape index (κ3) is 3.08. The number of nitrogen functional groups attached to an aromatic ring is 1. The van der Waals surface area contributed by atoms with E-state index in [0.29, 0.717) is 32.7 Å². The van der Waals surface area contributed by atoms with Crippen molar-refractivity contribution in [1.82, 2.24) is 4.98 Å². The molecule has 0 amide bonds. The van der Waals surface area contributed by atoms with E-state index in [2.05, 4.69) is 4.98 Å². The van der Waals surface area contributed by atoms with Gasteiger partial charge in [0.25, 0.3) is 0 Å². The number of nitriles is 1. The minimum atomic E-state index is 0.153. The van der Waals surface area contributed by atoms with Gasteiger partial charge in [0.2, 0.25) is 0 Å². The van der Waals surface area contributed by atoms with Gasteiger partial charge in [-0.1, -0.05) is 29.3 Å².